The number of hydrogen-bond acceptors (Lipinski definition) is 2. The van der Waals surface area contributed by atoms with Gasteiger partial charge in [-0.3, -0.25) is 4.90 Å². The molecule has 0 spiro atoms. The summed E-state index contributed by atoms with van der Waals surface area (Å²) in [7, 11) is 4.42. The second kappa shape index (κ2) is 4.46. The average Bonchev–Trinajstić information content (AvgIpc) is 2.28. The van der Waals surface area contributed by atoms with Gasteiger partial charge in [-0.25, -0.2) is 0 Å². The maximum absolute atomic E-state index is 2.45. The zero-order valence-electron chi connectivity index (χ0n) is 10.8. The van der Waals surface area contributed by atoms with Crippen LogP contribution >= 0.6 is 0 Å². The van der Waals surface area contributed by atoms with Gasteiger partial charge >= 0.3 is 0 Å². The first kappa shape index (κ1) is 11.5. The lowest BCUT2D eigenvalue weighted by molar-refractivity contribution is 0.241. The van der Waals surface area contributed by atoms with E-state index in [-0.39, 0.29) is 0 Å². The number of nitrogens with zero attached hydrogens (tertiary/aromatic N) is 2. The fourth-order valence-corrected chi connectivity index (χ4v) is 2.56. The normalized spacial score (nSPS) is 20.1. The molecule has 2 heteroatoms. The lowest BCUT2D eigenvalue weighted by Gasteiger charge is -2.37. The molecule has 1 atom stereocenters. The van der Waals surface area contributed by atoms with Gasteiger partial charge in [0.1, 0.15) is 0 Å². The van der Waals surface area contributed by atoms with Gasteiger partial charge in [0.25, 0.3) is 0 Å². The molecule has 0 saturated carbocycles. The predicted molar refractivity (Wildman–Crippen MR) is 70.1 cm³/mol. The lowest BCUT2D eigenvalue weighted by atomic mass is 9.94. The van der Waals surface area contributed by atoms with Crippen LogP contribution in [-0.2, 0) is 0 Å². The molecule has 1 unspecified atom stereocenters. The molecule has 0 aromatic heterocycles. The third kappa shape index (κ3) is 1.94. The molecule has 0 N–H and O–H groups in total. The van der Waals surface area contributed by atoms with Gasteiger partial charge in [0.15, 0.2) is 0 Å². The third-order valence-corrected chi connectivity index (χ3v) is 3.72. The minimum atomic E-state index is 0.594. The Morgan fingerprint density at radius 2 is 2.19 bits per heavy atom. The summed E-state index contributed by atoms with van der Waals surface area (Å²) in [6.45, 7) is 6.68. The number of anilines is 1. The summed E-state index contributed by atoms with van der Waals surface area (Å²) in [4.78, 5) is 4.82. The van der Waals surface area contributed by atoms with Crippen molar-refractivity contribution in [3.05, 3.63) is 29.3 Å². The molecule has 2 nitrogen and oxygen atoms in total. The Morgan fingerprint density at radius 3 is 2.88 bits per heavy atom. The fraction of sp³-hybridized carbons (Fsp3) is 0.571. The van der Waals surface area contributed by atoms with Gasteiger partial charge in [0.05, 0.1) is 0 Å². The van der Waals surface area contributed by atoms with Crippen molar-refractivity contribution >= 4 is 5.69 Å². The van der Waals surface area contributed by atoms with Crippen molar-refractivity contribution in [3.8, 4) is 0 Å². The molecule has 1 aliphatic heterocycles. The lowest BCUT2D eigenvalue weighted by Crippen LogP contribution is -2.34. The van der Waals surface area contributed by atoms with E-state index in [2.05, 4.69) is 55.9 Å². The van der Waals surface area contributed by atoms with E-state index in [1.165, 1.54) is 23.2 Å². The van der Waals surface area contributed by atoms with Gasteiger partial charge in [-0.1, -0.05) is 24.6 Å². The van der Waals surface area contributed by atoms with Crippen LogP contribution in [0.2, 0.25) is 0 Å². The first-order chi connectivity index (χ1) is 7.63. The molecule has 2 rings (SSSR count). The number of benzene rings is 1. The number of fused-ring (bicyclic) bond motifs is 1. The molecule has 0 fully saturated rings. The van der Waals surface area contributed by atoms with E-state index in [4.69, 9.17) is 0 Å². The Labute approximate surface area is 98.9 Å². The van der Waals surface area contributed by atoms with Gasteiger partial charge in [-0.05, 0) is 38.6 Å². The van der Waals surface area contributed by atoms with Crippen molar-refractivity contribution in [1.29, 1.82) is 0 Å². The van der Waals surface area contributed by atoms with Gasteiger partial charge in [0.2, 0.25) is 0 Å². The molecular formula is C14H22N2. The molecule has 1 aliphatic rings. The standard InChI is InChI=1S/C14H22N2/c1-5-15(3)14-8-9-16(4)13-7-6-11(2)10-12(13)14/h6-7,10,14H,5,8-9H2,1-4H3. The van der Waals surface area contributed by atoms with Crippen LogP contribution in [0.3, 0.4) is 0 Å². The minimum absolute atomic E-state index is 0.594. The molecule has 0 radical (unpaired) electrons. The Balaban J connectivity index is 2.41. The topological polar surface area (TPSA) is 6.48 Å². The number of rotatable bonds is 2. The van der Waals surface area contributed by atoms with E-state index in [9.17, 15) is 0 Å². The second-order valence-corrected chi connectivity index (χ2v) is 4.86. The van der Waals surface area contributed by atoms with Crippen LogP contribution in [0, 0.1) is 6.92 Å². The molecule has 0 amide bonds. The van der Waals surface area contributed by atoms with Crippen LogP contribution in [0.5, 0.6) is 0 Å². The highest BCUT2D eigenvalue weighted by atomic mass is 15.2. The highest BCUT2D eigenvalue weighted by Gasteiger charge is 2.25. The van der Waals surface area contributed by atoms with Gasteiger partial charge in [0, 0.05) is 25.3 Å². The fourth-order valence-electron chi connectivity index (χ4n) is 2.56. The van der Waals surface area contributed by atoms with E-state index >= 15 is 0 Å². The Hall–Kier alpha value is -1.02. The Kier molecular flexibility index (Phi) is 3.20. The number of aryl methyl sites for hydroxylation is 1. The van der Waals surface area contributed by atoms with E-state index < -0.39 is 0 Å². The van der Waals surface area contributed by atoms with Crippen molar-refractivity contribution < 1.29 is 0 Å². The van der Waals surface area contributed by atoms with E-state index in [1.807, 2.05) is 0 Å². The minimum Gasteiger partial charge on any atom is -0.374 e. The molecule has 0 bridgehead atoms. The van der Waals surface area contributed by atoms with Crippen molar-refractivity contribution in [3.63, 3.8) is 0 Å². The van der Waals surface area contributed by atoms with Gasteiger partial charge in [-0.2, -0.15) is 0 Å². The van der Waals surface area contributed by atoms with Crippen LogP contribution in [-0.4, -0.2) is 32.1 Å². The van der Waals surface area contributed by atoms with Crippen molar-refractivity contribution in [1.82, 2.24) is 4.90 Å². The largest absolute Gasteiger partial charge is 0.374 e. The highest BCUT2D eigenvalue weighted by Crippen LogP contribution is 2.36. The SMILES string of the molecule is CCN(C)C1CCN(C)c2ccc(C)cc21. The summed E-state index contributed by atoms with van der Waals surface area (Å²) in [6, 6.07) is 7.42. The first-order valence-electron chi connectivity index (χ1n) is 6.15. The van der Waals surface area contributed by atoms with Crippen LogP contribution in [0.1, 0.15) is 30.5 Å². The van der Waals surface area contributed by atoms with Crippen LogP contribution in [0.25, 0.3) is 0 Å². The summed E-state index contributed by atoms with van der Waals surface area (Å²) in [5.41, 5.74) is 4.27. The first-order valence-corrected chi connectivity index (χ1v) is 6.15. The smallest absolute Gasteiger partial charge is 0.0412 e. The summed E-state index contributed by atoms with van der Waals surface area (Å²) in [6.07, 6.45) is 1.23. The van der Waals surface area contributed by atoms with E-state index in [1.54, 1.807) is 0 Å². The molecule has 1 aromatic carbocycles. The molecule has 0 aliphatic carbocycles. The van der Waals surface area contributed by atoms with Crippen molar-refractivity contribution in [2.45, 2.75) is 26.3 Å². The van der Waals surface area contributed by atoms with Gasteiger partial charge < -0.3 is 4.90 Å². The zero-order valence-corrected chi connectivity index (χ0v) is 10.8. The molecular weight excluding hydrogens is 196 g/mol. The predicted octanol–water partition coefficient (Wildman–Crippen LogP) is 2.83. The second-order valence-electron chi connectivity index (χ2n) is 4.86. The molecule has 1 aromatic rings. The van der Waals surface area contributed by atoms with E-state index in [0.717, 1.165) is 13.1 Å². The van der Waals surface area contributed by atoms with Crippen LogP contribution in [0.15, 0.2) is 18.2 Å². The Morgan fingerprint density at radius 1 is 1.44 bits per heavy atom. The monoisotopic (exact) mass is 218 g/mol. The quantitative estimate of drug-likeness (QED) is 0.753. The molecule has 88 valence electrons. The summed E-state index contributed by atoms with van der Waals surface area (Å²) >= 11 is 0. The molecule has 16 heavy (non-hydrogen) atoms. The van der Waals surface area contributed by atoms with Crippen LogP contribution in [0.4, 0.5) is 5.69 Å². The van der Waals surface area contributed by atoms with Crippen molar-refractivity contribution in [2.75, 3.05) is 32.1 Å². The van der Waals surface area contributed by atoms with Crippen LogP contribution < -0.4 is 4.90 Å². The van der Waals surface area contributed by atoms with E-state index in [0.29, 0.717) is 6.04 Å². The summed E-state index contributed by atoms with van der Waals surface area (Å²) < 4.78 is 0. The summed E-state index contributed by atoms with van der Waals surface area (Å²) in [5.74, 6) is 0. The maximum Gasteiger partial charge on any atom is 0.0412 e. The Bertz CT molecular complexity index is 373. The zero-order chi connectivity index (χ0) is 11.7. The third-order valence-electron chi connectivity index (χ3n) is 3.72. The number of hydrogen-bond donors (Lipinski definition) is 0. The van der Waals surface area contributed by atoms with Crippen molar-refractivity contribution in [2.24, 2.45) is 0 Å². The average molecular weight is 218 g/mol. The summed E-state index contributed by atoms with van der Waals surface area (Å²) in [5, 5.41) is 0. The highest BCUT2D eigenvalue weighted by molar-refractivity contribution is 5.57. The molecule has 0 saturated heterocycles. The molecule has 1 heterocycles. The van der Waals surface area contributed by atoms with Gasteiger partial charge in [-0.15, -0.1) is 0 Å². The maximum atomic E-state index is 2.45.